The van der Waals surface area contributed by atoms with Crippen molar-refractivity contribution in [2.24, 2.45) is 5.14 Å². The predicted molar refractivity (Wildman–Crippen MR) is 68.2 cm³/mol. The zero-order valence-electron chi connectivity index (χ0n) is 10.5. The number of nitrogens with zero attached hydrogens (tertiary/aromatic N) is 1. The van der Waals surface area contributed by atoms with Gasteiger partial charge in [-0.05, 0) is 18.6 Å². The molecule has 0 spiro atoms. The first kappa shape index (κ1) is 14.9. The summed E-state index contributed by atoms with van der Waals surface area (Å²) in [5.41, 5.74) is 1.28. The monoisotopic (exact) mass is 244 g/mol. The number of nitrogens with two attached hydrogens (primary N) is 1. The van der Waals surface area contributed by atoms with E-state index in [1.54, 1.807) is 44.1 Å². The molecular formula is C11H20N2O2S. The van der Waals surface area contributed by atoms with Crippen LogP contribution in [-0.2, 0) is 10.0 Å². The zero-order valence-corrected chi connectivity index (χ0v) is 11.3. The first-order chi connectivity index (χ1) is 7.34. The summed E-state index contributed by atoms with van der Waals surface area (Å²) in [5, 5.41) is 5.14. The summed E-state index contributed by atoms with van der Waals surface area (Å²) in [6.07, 6.45) is 0. The molecule has 0 bridgehead atoms. The van der Waals surface area contributed by atoms with Gasteiger partial charge in [0.15, 0.2) is 0 Å². The van der Waals surface area contributed by atoms with Crippen LogP contribution in [-0.4, -0.2) is 22.5 Å². The molecule has 0 radical (unpaired) electrons. The van der Waals surface area contributed by atoms with Crippen molar-refractivity contribution in [3.05, 3.63) is 23.8 Å². The van der Waals surface area contributed by atoms with Crippen molar-refractivity contribution >= 4 is 15.7 Å². The molecule has 0 amide bonds. The minimum absolute atomic E-state index is 0.199. The maximum Gasteiger partial charge on any atom is 0.240 e. The van der Waals surface area contributed by atoms with E-state index in [-0.39, 0.29) is 4.90 Å². The van der Waals surface area contributed by atoms with Gasteiger partial charge in [-0.15, -0.1) is 0 Å². The van der Waals surface area contributed by atoms with Crippen molar-refractivity contribution in [1.29, 1.82) is 0 Å². The van der Waals surface area contributed by atoms with E-state index in [1.165, 1.54) is 0 Å². The summed E-state index contributed by atoms with van der Waals surface area (Å²) in [6, 6.07) is 5.26. The quantitative estimate of drug-likeness (QED) is 0.861. The summed E-state index contributed by atoms with van der Waals surface area (Å²) in [5.74, 6) is 0. The zero-order chi connectivity index (χ0) is 12.9. The summed E-state index contributed by atoms with van der Waals surface area (Å²) in [4.78, 5) is 1.93. The van der Waals surface area contributed by atoms with Crippen molar-refractivity contribution in [2.45, 2.75) is 25.7 Å². The van der Waals surface area contributed by atoms with E-state index >= 15 is 0 Å². The second-order valence-electron chi connectivity index (χ2n) is 3.36. The molecule has 0 saturated carbocycles. The Morgan fingerprint density at radius 2 is 1.69 bits per heavy atom. The molecule has 0 heterocycles. The van der Waals surface area contributed by atoms with Crippen LogP contribution >= 0.6 is 0 Å². The van der Waals surface area contributed by atoms with Crippen molar-refractivity contribution in [3.63, 3.8) is 0 Å². The molecule has 4 nitrogen and oxygen atoms in total. The van der Waals surface area contributed by atoms with Crippen LogP contribution in [0, 0.1) is 6.92 Å². The third kappa shape index (κ3) is 3.50. The highest BCUT2D eigenvalue weighted by atomic mass is 32.2. The fourth-order valence-electron chi connectivity index (χ4n) is 1.36. The Bertz CT molecular complexity index is 439. The third-order valence-corrected chi connectivity index (χ3v) is 3.06. The summed E-state index contributed by atoms with van der Waals surface area (Å²) in [6.45, 7) is 5.73. The van der Waals surface area contributed by atoms with E-state index in [4.69, 9.17) is 5.14 Å². The van der Waals surface area contributed by atoms with Crippen LogP contribution in [0.15, 0.2) is 23.1 Å². The van der Waals surface area contributed by atoms with E-state index in [9.17, 15) is 8.42 Å². The molecular weight excluding hydrogens is 224 g/mol. The SMILES string of the molecule is CC.Cc1cccc(N(C)C)c1S(N)(=O)=O. The van der Waals surface area contributed by atoms with Crippen molar-refractivity contribution in [1.82, 2.24) is 0 Å². The standard InChI is InChI=1S/C9H14N2O2S.C2H6/c1-7-5-4-6-8(11(2)3)9(7)14(10,12)13;1-2/h4-6H,1-3H3,(H2,10,12,13);1-2H3. The number of sulfonamides is 1. The number of anilines is 1. The number of hydrogen-bond acceptors (Lipinski definition) is 3. The molecule has 0 aliphatic heterocycles. The molecule has 16 heavy (non-hydrogen) atoms. The average molecular weight is 244 g/mol. The van der Waals surface area contributed by atoms with Gasteiger partial charge in [0.2, 0.25) is 10.0 Å². The molecule has 1 aromatic carbocycles. The Hall–Kier alpha value is -1.07. The first-order valence-electron chi connectivity index (χ1n) is 5.14. The molecule has 92 valence electrons. The molecule has 1 aromatic rings. The van der Waals surface area contributed by atoms with Gasteiger partial charge in [0.05, 0.1) is 5.69 Å². The van der Waals surface area contributed by atoms with Gasteiger partial charge in [0.25, 0.3) is 0 Å². The van der Waals surface area contributed by atoms with Gasteiger partial charge in [0, 0.05) is 14.1 Å². The lowest BCUT2D eigenvalue weighted by molar-refractivity contribution is 0.597. The summed E-state index contributed by atoms with van der Waals surface area (Å²) < 4.78 is 22.7. The van der Waals surface area contributed by atoms with Crippen LogP contribution in [0.5, 0.6) is 0 Å². The fraction of sp³-hybridized carbons (Fsp3) is 0.455. The van der Waals surface area contributed by atoms with Gasteiger partial charge in [-0.1, -0.05) is 26.0 Å². The van der Waals surface area contributed by atoms with E-state index in [0.29, 0.717) is 11.3 Å². The number of primary sulfonamides is 1. The van der Waals surface area contributed by atoms with Gasteiger partial charge in [0.1, 0.15) is 4.90 Å². The van der Waals surface area contributed by atoms with Crippen molar-refractivity contribution in [3.8, 4) is 0 Å². The Morgan fingerprint density at radius 1 is 1.19 bits per heavy atom. The molecule has 0 atom stereocenters. The van der Waals surface area contributed by atoms with Gasteiger partial charge in [-0.3, -0.25) is 0 Å². The van der Waals surface area contributed by atoms with Gasteiger partial charge >= 0.3 is 0 Å². The van der Waals surface area contributed by atoms with E-state index in [0.717, 1.165) is 0 Å². The summed E-state index contributed by atoms with van der Waals surface area (Å²) >= 11 is 0. The molecule has 0 aliphatic carbocycles. The number of rotatable bonds is 2. The van der Waals surface area contributed by atoms with Crippen LogP contribution in [0.2, 0.25) is 0 Å². The molecule has 0 unspecified atom stereocenters. The minimum Gasteiger partial charge on any atom is -0.377 e. The third-order valence-electron chi connectivity index (χ3n) is 1.96. The van der Waals surface area contributed by atoms with Gasteiger partial charge in [-0.25, -0.2) is 13.6 Å². The van der Waals surface area contributed by atoms with Crippen molar-refractivity contribution < 1.29 is 8.42 Å². The Balaban J connectivity index is 0.00000106. The Morgan fingerprint density at radius 3 is 2.00 bits per heavy atom. The number of benzene rings is 1. The smallest absolute Gasteiger partial charge is 0.240 e. The highest BCUT2D eigenvalue weighted by Crippen LogP contribution is 2.25. The average Bonchev–Trinajstić information content (AvgIpc) is 2.18. The maximum atomic E-state index is 11.3. The highest BCUT2D eigenvalue weighted by Gasteiger charge is 2.17. The largest absolute Gasteiger partial charge is 0.377 e. The van der Waals surface area contributed by atoms with Crippen LogP contribution < -0.4 is 10.0 Å². The number of hydrogen-bond donors (Lipinski definition) is 1. The van der Waals surface area contributed by atoms with E-state index < -0.39 is 10.0 Å². The fourth-order valence-corrected chi connectivity index (χ4v) is 2.42. The molecule has 0 saturated heterocycles. The van der Waals surface area contributed by atoms with Crippen LogP contribution in [0.25, 0.3) is 0 Å². The topological polar surface area (TPSA) is 63.4 Å². The second-order valence-corrected chi connectivity index (χ2v) is 4.86. The van der Waals surface area contributed by atoms with E-state index in [2.05, 4.69) is 0 Å². The van der Waals surface area contributed by atoms with Gasteiger partial charge in [-0.2, -0.15) is 0 Å². The lowest BCUT2D eigenvalue weighted by Gasteiger charge is -2.17. The van der Waals surface area contributed by atoms with Crippen LogP contribution in [0.3, 0.4) is 0 Å². The maximum absolute atomic E-state index is 11.3. The van der Waals surface area contributed by atoms with Crippen molar-refractivity contribution in [2.75, 3.05) is 19.0 Å². The molecule has 0 aliphatic rings. The van der Waals surface area contributed by atoms with Crippen LogP contribution in [0.1, 0.15) is 19.4 Å². The molecule has 0 fully saturated rings. The second kappa shape index (κ2) is 5.86. The first-order valence-corrected chi connectivity index (χ1v) is 6.68. The predicted octanol–water partition coefficient (Wildman–Crippen LogP) is 1.73. The molecule has 0 aromatic heterocycles. The number of aryl methyl sites for hydroxylation is 1. The van der Waals surface area contributed by atoms with Crippen LogP contribution in [0.4, 0.5) is 5.69 Å². The molecule has 2 N–H and O–H groups in total. The Kier molecular flexibility index (Phi) is 5.47. The molecule has 1 rings (SSSR count). The highest BCUT2D eigenvalue weighted by molar-refractivity contribution is 7.89. The Labute approximate surface area is 98.1 Å². The summed E-state index contributed by atoms with van der Waals surface area (Å²) in [7, 11) is -0.0884. The lowest BCUT2D eigenvalue weighted by Crippen LogP contribution is -2.19. The molecule has 5 heteroatoms. The van der Waals surface area contributed by atoms with Gasteiger partial charge < -0.3 is 4.90 Å². The van der Waals surface area contributed by atoms with E-state index in [1.807, 2.05) is 13.8 Å². The normalized spacial score (nSPS) is 10.4. The minimum atomic E-state index is -3.65. The lowest BCUT2D eigenvalue weighted by atomic mass is 10.2.